The van der Waals surface area contributed by atoms with E-state index in [0.717, 1.165) is 12.0 Å². The summed E-state index contributed by atoms with van der Waals surface area (Å²) in [6.07, 6.45) is 2.97. The first kappa shape index (κ1) is 38.2. The minimum absolute atomic E-state index is 0.0293. The summed E-state index contributed by atoms with van der Waals surface area (Å²) < 4.78 is 5.36. The molecule has 254 valence electrons. The molecule has 1 heterocycles. The van der Waals surface area contributed by atoms with Crippen LogP contribution in [-0.2, 0) is 32.1 Å². The molecule has 1 aromatic heterocycles. The van der Waals surface area contributed by atoms with Crippen LogP contribution in [-0.4, -0.2) is 64.7 Å². The quantitative estimate of drug-likeness (QED) is 0.156. The predicted octanol–water partition coefficient (Wildman–Crippen LogP) is 3.89. The van der Waals surface area contributed by atoms with Crippen molar-refractivity contribution in [2.24, 2.45) is 17.8 Å². The van der Waals surface area contributed by atoms with Gasteiger partial charge >= 0.3 is 6.09 Å². The predicted molar refractivity (Wildman–Crippen MR) is 177 cm³/mol. The number of aliphatic hydroxyl groups is 1. The van der Waals surface area contributed by atoms with Crippen molar-refractivity contribution >= 4 is 23.8 Å². The number of carbonyl (C=O) groups excluding carboxylic acids is 4. The van der Waals surface area contributed by atoms with Crippen LogP contribution >= 0.6 is 0 Å². The van der Waals surface area contributed by atoms with Gasteiger partial charge in [0.2, 0.25) is 17.7 Å². The van der Waals surface area contributed by atoms with Crippen molar-refractivity contribution in [2.75, 3.05) is 6.54 Å². The lowest BCUT2D eigenvalue weighted by Gasteiger charge is -2.29. The van der Waals surface area contributed by atoms with Crippen molar-refractivity contribution in [1.82, 2.24) is 26.3 Å². The van der Waals surface area contributed by atoms with Gasteiger partial charge in [0.05, 0.1) is 18.6 Å². The number of aromatic nitrogens is 1. The summed E-state index contributed by atoms with van der Waals surface area (Å²) in [4.78, 5) is 56.7. The van der Waals surface area contributed by atoms with Crippen LogP contribution in [0.4, 0.5) is 4.79 Å². The molecule has 0 radical (unpaired) electrons. The highest BCUT2D eigenvalue weighted by atomic mass is 16.5. The smallest absolute Gasteiger partial charge is 0.408 e. The molecule has 1 unspecified atom stereocenters. The molecular weight excluding hydrogens is 586 g/mol. The highest BCUT2D eigenvalue weighted by Gasteiger charge is 2.31. The lowest BCUT2D eigenvalue weighted by molar-refractivity contribution is -0.131. The zero-order valence-electron chi connectivity index (χ0n) is 28.1. The van der Waals surface area contributed by atoms with Crippen LogP contribution in [0.15, 0.2) is 54.9 Å². The maximum Gasteiger partial charge on any atom is 0.408 e. The number of hydrogen-bond acceptors (Lipinski definition) is 7. The topological polar surface area (TPSA) is 159 Å². The number of amides is 4. The monoisotopic (exact) mass is 639 g/mol. The van der Waals surface area contributed by atoms with Gasteiger partial charge in [-0.1, -0.05) is 84.4 Å². The van der Waals surface area contributed by atoms with Crippen molar-refractivity contribution in [2.45, 2.75) is 104 Å². The number of nitrogens with zero attached hydrogens (tertiary/aromatic N) is 1. The maximum atomic E-state index is 13.7. The molecule has 0 bridgehead atoms. The van der Waals surface area contributed by atoms with Crippen LogP contribution < -0.4 is 21.3 Å². The molecule has 4 amide bonds. The summed E-state index contributed by atoms with van der Waals surface area (Å²) in [6.45, 7) is 12.4. The summed E-state index contributed by atoms with van der Waals surface area (Å²) in [5, 5.41) is 22.2. The fourth-order valence-corrected chi connectivity index (χ4v) is 4.79. The van der Waals surface area contributed by atoms with Crippen molar-refractivity contribution in [3.63, 3.8) is 0 Å². The van der Waals surface area contributed by atoms with Crippen molar-refractivity contribution in [3.8, 4) is 0 Å². The van der Waals surface area contributed by atoms with E-state index in [-0.39, 0.29) is 37.2 Å². The molecule has 0 aliphatic carbocycles. The fourth-order valence-electron chi connectivity index (χ4n) is 4.79. The second kappa shape index (κ2) is 20.2. The number of rotatable bonds is 19. The number of nitrogens with one attached hydrogen (secondary N) is 4. The molecule has 2 rings (SSSR count). The van der Waals surface area contributed by atoms with E-state index in [1.54, 1.807) is 24.5 Å². The van der Waals surface area contributed by atoms with Crippen LogP contribution in [0, 0.1) is 17.8 Å². The van der Waals surface area contributed by atoms with Gasteiger partial charge in [-0.2, -0.15) is 0 Å². The Labute approximate surface area is 273 Å². The molecule has 2 aromatic rings. The third-order valence-corrected chi connectivity index (χ3v) is 7.58. The lowest BCUT2D eigenvalue weighted by atomic mass is 9.95. The molecular formula is C35H53N5O6. The first-order valence-electron chi connectivity index (χ1n) is 16.3. The molecule has 5 N–H and O–H groups in total. The van der Waals surface area contributed by atoms with E-state index >= 15 is 0 Å². The lowest BCUT2D eigenvalue weighted by Crippen LogP contribution is -2.57. The van der Waals surface area contributed by atoms with Gasteiger partial charge in [0.25, 0.3) is 0 Å². The molecule has 46 heavy (non-hydrogen) atoms. The number of carbonyl (C=O) groups is 4. The molecule has 11 nitrogen and oxygen atoms in total. The van der Waals surface area contributed by atoms with E-state index in [4.69, 9.17) is 4.74 Å². The minimum atomic E-state index is -1.11. The third-order valence-electron chi connectivity index (χ3n) is 7.58. The van der Waals surface area contributed by atoms with Crippen LogP contribution in [0.3, 0.4) is 0 Å². The molecule has 1 aromatic carbocycles. The highest BCUT2D eigenvalue weighted by Crippen LogP contribution is 2.14. The van der Waals surface area contributed by atoms with Gasteiger partial charge < -0.3 is 31.1 Å². The Morgan fingerprint density at radius 1 is 0.826 bits per heavy atom. The van der Waals surface area contributed by atoms with Gasteiger partial charge in [-0.05, 0) is 47.8 Å². The second-order valence-electron chi connectivity index (χ2n) is 12.8. The fraction of sp³-hybridized carbons (Fsp3) is 0.571. The van der Waals surface area contributed by atoms with Gasteiger partial charge in [-0.15, -0.1) is 0 Å². The molecule has 0 saturated carbocycles. The first-order valence-corrected chi connectivity index (χ1v) is 16.3. The van der Waals surface area contributed by atoms with E-state index < -0.39 is 42.1 Å². The Balaban J connectivity index is 2.16. The van der Waals surface area contributed by atoms with Crippen LogP contribution in [0.5, 0.6) is 0 Å². The number of benzene rings is 1. The van der Waals surface area contributed by atoms with E-state index in [2.05, 4.69) is 26.3 Å². The van der Waals surface area contributed by atoms with Crippen molar-refractivity contribution < 1.29 is 29.0 Å². The molecule has 0 fully saturated rings. The third kappa shape index (κ3) is 14.9. The Morgan fingerprint density at radius 2 is 1.48 bits per heavy atom. The number of ether oxygens (including phenoxy) is 1. The zero-order chi connectivity index (χ0) is 34.1. The summed E-state index contributed by atoms with van der Waals surface area (Å²) in [7, 11) is 0. The SMILES string of the molecule is CCC(C)CNC(=O)C[C@H](O)[C@H](CC(C)C)NC(=O)[C@H](CC(C)C)NC(=O)[C@H](Cc1cccnc1)NC(=O)OCc1ccccc1. The average molecular weight is 640 g/mol. The van der Waals surface area contributed by atoms with Gasteiger partial charge in [0.15, 0.2) is 0 Å². The largest absolute Gasteiger partial charge is 0.445 e. The highest BCUT2D eigenvalue weighted by molar-refractivity contribution is 5.91. The normalized spacial score (nSPS) is 14.5. The maximum absolute atomic E-state index is 13.7. The average Bonchev–Trinajstić information content (AvgIpc) is 3.02. The molecule has 0 saturated heterocycles. The first-order chi connectivity index (χ1) is 21.9. The number of aliphatic hydroxyl groups excluding tert-OH is 1. The molecule has 0 aliphatic heterocycles. The zero-order valence-corrected chi connectivity index (χ0v) is 28.1. The van der Waals surface area contributed by atoms with E-state index in [0.29, 0.717) is 30.9 Å². The molecule has 0 spiro atoms. The van der Waals surface area contributed by atoms with Crippen LogP contribution in [0.2, 0.25) is 0 Å². The Kier molecular flexibility index (Phi) is 16.8. The standard InChI is InChI=1S/C35H53N5O6/c1-7-25(6)20-37-32(42)19-31(41)28(16-23(2)3)38-33(43)29(17-24(4)5)39-34(44)30(18-27-14-11-15-36-21-27)40-35(45)46-22-26-12-9-8-10-13-26/h8-15,21,23-25,28-31,41H,7,16-20,22H2,1-6H3,(H,37,42)(H,38,43)(H,39,44)(H,40,45)/t25?,28-,29-,30-,31-/m0/s1. The van der Waals surface area contributed by atoms with E-state index in [1.807, 2.05) is 71.9 Å². The van der Waals surface area contributed by atoms with Gasteiger partial charge in [-0.3, -0.25) is 19.4 Å². The van der Waals surface area contributed by atoms with Gasteiger partial charge in [-0.25, -0.2) is 4.79 Å². The summed E-state index contributed by atoms with van der Waals surface area (Å²) in [5.41, 5.74) is 1.51. The minimum Gasteiger partial charge on any atom is -0.445 e. The Morgan fingerprint density at radius 3 is 2.09 bits per heavy atom. The van der Waals surface area contributed by atoms with Gasteiger partial charge in [0, 0.05) is 25.4 Å². The number of alkyl carbamates (subject to hydrolysis) is 1. The second-order valence-corrected chi connectivity index (χ2v) is 12.8. The number of hydrogen-bond donors (Lipinski definition) is 5. The van der Waals surface area contributed by atoms with Crippen LogP contribution in [0.1, 0.15) is 78.4 Å². The summed E-state index contributed by atoms with van der Waals surface area (Å²) in [5.74, 6) is -0.848. The Bertz CT molecular complexity index is 1210. The summed E-state index contributed by atoms with van der Waals surface area (Å²) in [6, 6.07) is 10.00. The van der Waals surface area contributed by atoms with E-state index in [9.17, 15) is 24.3 Å². The van der Waals surface area contributed by atoms with Crippen molar-refractivity contribution in [1.29, 1.82) is 0 Å². The molecule has 0 aliphatic rings. The van der Waals surface area contributed by atoms with Crippen molar-refractivity contribution in [3.05, 3.63) is 66.0 Å². The summed E-state index contributed by atoms with van der Waals surface area (Å²) >= 11 is 0. The Hall–Kier alpha value is -3.99. The van der Waals surface area contributed by atoms with Crippen LogP contribution in [0.25, 0.3) is 0 Å². The van der Waals surface area contributed by atoms with E-state index in [1.165, 1.54) is 0 Å². The molecule has 11 heteroatoms. The van der Waals surface area contributed by atoms with Gasteiger partial charge in [0.1, 0.15) is 18.7 Å². The number of pyridine rings is 1. The molecule has 5 atom stereocenters.